The number of pyridine rings is 1. The van der Waals surface area contributed by atoms with E-state index < -0.39 is 0 Å². The molecule has 5 aliphatic rings. The SMILES string of the molecule is O=C(Nc1ccc(C#CC23CC4CC(CC(C4)C2)C3)cc1)c1ccc(CN2CCN(Cc3ccc[nH]c3=O)CC2)cc1. The monoisotopic (exact) mass is 560 g/mol. The fraction of sp³-hybridized carbons (Fsp3) is 0.444. The maximum absolute atomic E-state index is 12.9. The summed E-state index contributed by atoms with van der Waals surface area (Å²) in [5.41, 5.74) is 4.74. The molecule has 4 bridgehead atoms. The lowest BCUT2D eigenvalue weighted by atomic mass is 9.50. The molecule has 8 rings (SSSR count). The number of anilines is 1. The topological polar surface area (TPSA) is 68.4 Å². The highest BCUT2D eigenvalue weighted by atomic mass is 16.1. The van der Waals surface area contributed by atoms with E-state index in [9.17, 15) is 9.59 Å². The van der Waals surface area contributed by atoms with E-state index in [0.29, 0.717) is 12.1 Å². The predicted molar refractivity (Wildman–Crippen MR) is 166 cm³/mol. The van der Waals surface area contributed by atoms with Gasteiger partial charge in [-0.1, -0.05) is 30.0 Å². The van der Waals surface area contributed by atoms with Crippen LogP contribution in [-0.2, 0) is 13.1 Å². The number of hydrogen-bond acceptors (Lipinski definition) is 4. The van der Waals surface area contributed by atoms with Crippen molar-refractivity contribution >= 4 is 11.6 Å². The third-order valence-electron chi connectivity index (χ3n) is 10.0. The molecule has 4 saturated carbocycles. The largest absolute Gasteiger partial charge is 0.329 e. The molecule has 1 amide bonds. The molecule has 2 aromatic carbocycles. The zero-order chi connectivity index (χ0) is 28.5. The van der Waals surface area contributed by atoms with Gasteiger partial charge in [-0.15, -0.1) is 0 Å². The molecule has 42 heavy (non-hydrogen) atoms. The minimum Gasteiger partial charge on any atom is -0.329 e. The molecule has 1 aliphatic heterocycles. The molecule has 6 heteroatoms. The van der Waals surface area contributed by atoms with Crippen LogP contribution < -0.4 is 10.9 Å². The molecule has 2 N–H and O–H groups in total. The summed E-state index contributed by atoms with van der Waals surface area (Å²) in [6.07, 6.45) is 9.89. The number of rotatable bonds is 6. The summed E-state index contributed by atoms with van der Waals surface area (Å²) < 4.78 is 0. The summed E-state index contributed by atoms with van der Waals surface area (Å²) in [4.78, 5) is 32.4. The first-order chi connectivity index (χ1) is 20.5. The van der Waals surface area contributed by atoms with Crippen molar-refractivity contribution in [2.24, 2.45) is 23.2 Å². The highest BCUT2D eigenvalue weighted by Gasteiger charge is 2.50. The van der Waals surface area contributed by atoms with E-state index >= 15 is 0 Å². The van der Waals surface area contributed by atoms with Gasteiger partial charge in [0.15, 0.2) is 0 Å². The molecule has 2 heterocycles. The van der Waals surface area contributed by atoms with Crippen LogP contribution in [0.25, 0.3) is 0 Å². The molecule has 216 valence electrons. The van der Waals surface area contributed by atoms with Crippen LogP contribution in [-0.4, -0.2) is 46.9 Å². The highest BCUT2D eigenvalue weighted by Crippen LogP contribution is 2.59. The van der Waals surface area contributed by atoms with Crippen molar-refractivity contribution in [1.82, 2.24) is 14.8 Å². The van der Waals surface area contributed by atoms with Crippen LogP contribution in [0, 0.1) is 35.0 Å². The second kappa shape index (κ2) is 11.6. The van der Waals surface area contributed by atoms with Gasteiger partial charge in [0.2, 0.25) is 0 Å². The molecule has 0 atom stereocenters. The molecule has 5 fully saturated rings. The number of carbonyl (C=O) groups excluding carboxylic acids is 1. The van der Waals surface area contributed by atoms with Gasteiger partial charge in [-0.05, 0) is 104 Å². The summed E-state index contributed by atoms with van der Waals surface area (Å²) in [5.74, 6) is 9.84. The molecule has 0 radical (unpaired) electrons. The fourth-order valence-corrected chi connectivity index (χ4v) is 8.26. The van der Waals surface area contributed by atoms with E-state index in [1.807, 2.05) is 60.7 Å². The number of carbonyl (C=O) groups is 1. The van der Waals surface area contributed by atoms with Crippen LogP contribution in [0.4, 0.5) is 5.69 Å². The van der Waals surface area contributed by atoms with Gasteiger partial charge < -0.3 is 10.3 Å². The Morgan fingerprint density at radius 2 is 1.45 bits per heavy atom. The molecule has 4 aliphatic carbocycles. The number of nitrogens with zero attached hydrogens (tertiary/aromatic N) is 2. The van der Waals surface area contributed by atoms with E-state index in [0.717, 1.165) is 67.3 Å². The summed E-state index contributed by atoms with van der Waals surface area (Å²) in [6.45, 7) is 5.31. The average molecular weight is 561 g/mol. The first kappa shape index (κ1) is 27.2. The predicted octanol–water partition coefficient (Wildman–Crippen LogP) is 5.51. The van der Waals surface area contributed by atoms with Crippen molar-refractivity contribution in [2.45, 2.75) is 51.6 Å². The minimum atomic E-state index is -0.0986. The maximum atomic E-state index is 12.9. The van der Waals surface area contributed by atoms with Gasteiger partial charge in [0.1, 0.15) is 0 Å². The highest BCUT2D eigenvalue weighted by molar-refractivity contribution is 6.04. The Bertz CT molecular complexity index is 1500. The van der Waals surface area contributed by atoms with Gasteiger partial charge in [0.05, 0.1) is 0 Å². The first-order valence-corrected chi connectivity index (χ1v) is 15.6. The third-order valence-corrected chi connectivity index (χ3v) is 10.0. The third kappa shape index (κ3) is 6.09. The van der Waals surface area contributed by atoms with Crippen molar-refractivity contribution < 1.29 is 4.79 Å². The molecule has 1 saturated heterocycles. The first-order valence-electron chi connectivity index (χ1n) is 15.6. The van der Waals surface area contributed by atoms with E-state index in [1.54, 1.807) is 6.20 Å². The number of H-pyrrole nitrogens is 1. The summed E-state index contributed by atoms with van der Waals surface area (Å²) in [6, 6.07) is 19.7. The Balaban J connectivity index is 0.892. The van der Waals surface area contributed by atoms with Crippen LogP contribution in [0.15, 0.2) is 71.7 Å². The summed E-state index contributed by atoms with van der Waals surface area (Å²) in [7, 11) is 0. The quantitative estimate of drug-likeness (QED) is 0.390. The second-order valence-electron chi connectivity index (χ2n) is 13.3. The Hall–Kier alpha value is -3.66. The van der Waals surface area contributed by atoms with Crippen molar-refractivity contribution in [1.29, 1.82) is 0 Å². The number of hydrogen-bond donors (Lipinski definition) is 2. The Kier molecular flexibility index (Phi) is 7.48. The van der Waals surface area contributed by atoms with Crippen molar-refractivity contribution in [3.8, 4) is 11.8 Å². The summed E-state index contributed by atoms with van der Waals surface area (Å²) in [5, 5.41) is 3.04. The Labute approximate surface area is 248 Å². The van der Waals surface area contributed by atoms with E-state index in [2.05, 4.69) is 31.9 Å². The summed E-state index contributed by atoms with van der Waals surface area (Å²) >= 11 is 0. The van der Waals surface area contributed by atoms with Crippen LogP contribution in [0.3, 0.4) is 0 Å². The van der Waals surface area contributed by atoms with Crippen LogP contribution in [0.1, 0.15) is 65.6 Å². The Morgan fingerprint density at radius 3 is 2.07 bits per heavy atom. The van der Waals surface area contributed by atoms with E-state index in [4.69, 9.17) is 0 Å². The number of benzene rings is 2. The average Bonchev–Trinajstić information content (AvgIpc) is 2.99. The molecular weight excluding hydrogens is 520 g/mol. The molecule has 0 spiro atoms. The standard InChI is InChI=1S/C36H40N4O2/c41-34-32(2-1-13-37-34)25-40-16-14-39(15-17-40)24-27-3-7-31(8-4-27)35(42)38-33-9-5-26(6-10-33)11-12-36-21-28-18-29(22-36)20-30(19-28)23-36/h1-10,13,28-30H,14-25H2,(H,37,41)(H,38,42). The second-order valence-corrected chi connectivity index (χ2v) is 13.3. The number of aromatic nitrogens is 1. The van der Waals surface area contributed by atoms with Crippen LogP contribution in [0.2, 0.25) is 0 Å². The zero-order valence-electron chi connectivity index (χ0n) is 24.3. The number of amides is 1. The van der Waals surface area contributed by atoms with Crippen LogP contribution >= 0.6 is 0 Å². The molecular formula is C36H40N4O2. The Morgan fingerprint density at radius 1 is 0.833 bits per heavy atom. The van der Waals surface area contributed by atoms with Crippen molar-refractivity contribution in [3.63, 3.8) is 0 Å². The van der Waals surface area contributed by atoms with Gasteiger partial charge in [-0.25, -0.2) is 0 Å². The zero-order valence-corrected chi connectivity index (χ0v) is 24.3. The number of nitrogens with one attached hydrogen (secondary N) is 2. The van der Waals surface area contributed by atoms with Gasteiger partial charge in [-0.2, -0.15) is 0 Å². The molecule has 6 nitrogen and oxygen atoms in total. The maximum Gasteiger partial charge on any atom is 0.255 e. The number of aromatic amines is 1. The van der Waals surface area contributed by atoms with E-state index in [1.165, 1.54) is 44.1 Å². The number of piperazine rings is 1. The molecule has 0 unspecified atom stereocenters. The smallest absolute Gasteiger partial charge is 0.255 e. The molecule has 3 aromatic rings. The lowest BCUT2D eigenvalue weighted by Gasteiger charge is -2.54. The van der Waals surface area contributed by atoms with Gasteiger partial charge >= 0.3 is 0 Å². The lowest BCUT2D eigenvalue weighted by molar-refractivity contribution is -0.0181. The molecule has 1 aromatic heterocycles. The van der Waals surface area contributed by atoms with Gasteiger partial charge in [0, 0.05) is 73.3 Å². The van der Waals surface area contributed by atoms with E-state index in [-0.39, 0.29) is 16.9 Å². The fourth-order valence-electron chi connectivity index (χ4n) is 8.26. The van der Waals surface area contributed by atoms with Gasteiger partial charge in [-0.3, -0.25) is 19.4 Å². The lowest BCUT2D eigenvalue weighted by Crippen LogP contribution is -2.45. The van der Waals surface area contributed by atoms with Crippen molar-refractivity contribution in [3.05, 3.63) is 99.5 Å². The normalized spacial score (nSPS) is 26.9. The van der Waals surface area contributed by atoms with Crippen molar-refractivity contribution in [2.75, 3.05) is 31.5 Å². The van der Waals surface area contributed by atoms with Gasteiger partial charge in [0.25, 0.3) is 11.5 Å². The van der Waals surface area contributed by atoms with Crippen LogP contribution in [0.5, 0.6) is 0 Å². The minimum absolute atomic E-state index is 0.00203.